The van der Waals surface area contributed by atoms with Crippen molar-refractivity contribution in [1.29, 1.82) is 0 Å². The van der Waals surface area contributed by atoms with Crippen LogP contribution >= 0.6 is 0 Å². The van der Waals surface area contributed by atoms with Gasteiger partial charge in [0, 0.05) is 13.6 Å². The molecule has 1 aromatic carbocycles. The largest absolute Gasteiger partial charge is 0.491 e. The second-order valence-electron chi connectivity index (χ2n) is 5.73. The van der Waals surface area contributed by atoms with Crippen LogP contribution in [0, 0.1) is 13.8 Å². The molecule has 1 aromatic heterocycles. The summed E-state index contributed by atoms with van der Waals surface area (Å²) in [6.45, 7) is 5.45. The highest BCUT2D eigenvalue weighted by atomic mass is 16.5. The average molecular weight is 304 g/mol. The molecule has 1 N–H and O–H groups in total. The van der Waals surface area contributed by atoms with Crippen LogP contribution in [0.2, 0.25) is 0 Å². The number of aliphatic hydroxyl groups excluding tert-OH is 1. The van der Waals surface area contributed by atoms with Gasteiger partial charge in [0.2, 0.25) is 0 Å². The predicted molar refractivity (Wildman–Crippen MR) is 84.8 cm³/mol. The van der Waals surface area contributed by atoms with E-state index in [4.69, 9.17) is 4.74 Å². The van der Waals surface area contributed by atoms with Crippen LogP contribution in [0.1, 0.15) is 17.0 Å². The lowest BCUT2D eigenvalue weighted by Crippen LogP contribution is -2.33. The number of rotatable bonds is 7. The molecule has 1 atom stereocenters. The maximum absolute atomic E-state index is 10.1. The molecule has 0 amide bonds. The van der Waals surface area contributed by atoms with Crippen LogP contribution in [0.25, 0.3) is 0 Å². The summed E-state index contributed by atoms with van der Waals surface area (Å²) in [4.78, 5) is 6.18. The minimum absolute atomic E-state index is 0.271. The van der Waals surface area contributed by atoms with E-state index in [2.05, 4.69) is 10.1 Å². The van der Waals surface area contributed by atoms with Gasteiger partial charge in [0.05, 0.1) is 6.54 Å². The third-order valence-corrected chi connectivity index (χ3v) is 3.51. The molecule has 0 radical (unpaired) electrons. The van der Waals surface area contributed by atoms with Gasteiger partial charge in [0.25, 0.3) is 0 Å². The molecule has 6 nitrogen and oxygen atoms in total. The molecule has 1 heterocycles. The van der Waals surface area contributed by atoms with Crippen molar-refractivity contribution in [2.75, 3.05) is 20.2 Å². The Labute approximate surface area is 131 Å². The molecule has 0 bridgehead atoms. The SMILES string of the molecule is Cc1ccc(C)c(OCC(O)CN(C)Cc2ncnn2C)c1. The Bertz CT molecular complexity index is 612. The minimum Gasteiger partial charge on any atom is -0.491 e. The lowest BCUT2D eigenvalue weighted by atomic mass is 10.1. The summed E-state index contributed by atoms with van der Waals surface area (Å²) >= 11 is 0. The molecule has 0 saturated heterocycles. The molecule has 6 heteroatoms. The van der Waals surface area contributed by atoms with Gasteiger partial charge in [-0.2, -0.15) is 5.10 Å². The molecule has 1 unspecified atom stereocenters. The average Bonchev–Trinajstić information content (AvgIpc) is 2.85. The van der Waals surface area contributed by atoms with Crippen molar-refractivity contribution in [1.82, 2.24) is 19.7 Å². The molecule has 22 heavy (non-hydrogen) atoms. The fourth-order valence-electron chi connectivity index (χ4n) is 2.23. The highest BCUT2D eigenvalue weighted by Gasteiger charge is 2.12. The van der Waals surface area contributed by atoms with Crippen LogP contribution in [0.4, 0.5) is 0 Å². The smallest absolute Gasteiger partial charge is 0.140 e. The van der Waals surface area contributed by atoms with Gasteiger partial charge in [0.15, 0.2) is 0 Å². The van der Waals surface area contributed by atoms with Crippen molar-refractivity contribution in [3.05, 3.63) is 41.5 Å². The first-order valence-corrected chi connectivity index (χ1v) is 7.35. The summed E-state index contributed by atoms with van der Waals surface area (Å²) in [5.74, 6) is 1.69. The van der Waals surface area contributed by atoms with Crippen molar-refractivity contribution in [2.45, 2.75) is 26.5 Å². The van der Waals surface area contributed by atoms with Gasteiger partial charge in [0.1, 0.15) is 30.6 Å². The summed E-state index contributed by atoms with van der Waals surface area (Å²) in [7, 11) is 3.80. The van der Waals surface area contributed by atoms with Crippen molar-refractivity contribution < 1.29 is 9.84 Å². The second kappa shape index (κ2) is 7.38. The number of benzene rings is 1. The molecule has 0 spiro atoms. The van der Waals surface area contributed by atoms with E-state index in [-0.39, 0.29) is 6.61 Å². The number of hydrogen-bond donors (Lipinski definition) is 1. The Morgan fingerprint density at radius 2 is 2.14 bits per heavy atom. The lowest BCUT2D eigenvalue weighted by Gasteiger charge is -2.20. The number of aliphatic hydroxyl groups is 1. The summed E-state index contributed by atoms with van der Waals surface area (Å²) in [6, 6.07) is 6.07. The fraction of sp³-hybridized carbons (Fsp3) is 0.500. The molecule has 0 saturated carbocycles. The number of likely N-dealkylation sites (N-methyl/N-ethyl adjacent to an activating group) is 1. The topological polar surface area (TPSA) is 63.4 Å². The number of aryl methyl sites for hydroxylation is 3. The van der Waals surface area contributed by atoms with Gasteiger partial charge in [-0.05, 0) is 38.1 Å². The highest BCUT2D eigenvalue weighted by Crippen LogP contribution is 2.19. The third kappa shape index (κ3) is 4.54. The fourth-order valence-corrected chi connectivity index (χ4v) is 2.23. The summed E-state index contributed by atoms with van der Waals surface area (Å²) in [5.41, 5.74) is 2.22. The third-order valence-electron chi connectivity index (χ3n) is 3.51. The van der Waals surface area contributed by atoms with Gasteiger partial charge in [-0.1, -0.05) is 12.1 Å². The predicted octanol–water partition coefficient (Wildman–Crippen LogP) is 1.30. The van der Waals surface area contributed by atoms with E-state index in [1.54, 1.807) is 4.68 Å². The molecule has 0 aliphatic carbocycles. The molecular weight excluding hydrogens is 280 g/mol. The minimum atomic E-state index is -0.557. The van der Waals surface area contributed by atoms with Gasteiger partial charge in [-0.25, -0.2) is 4.98 Å². The van der Waals surface area contributed by atoms with E-state index in [0.29, 0.717) is 13.1 Å². The van der Waals surface area contributed by atoms with Gasteiger partial charge < -0.3 is 9.84 Å². The molecule has 0 aliphatic rings. The van der Waals surface area contributed by atoms with Crippen LogP contribution in [-0.4, -0.2) is 51.1 Å². The van der Waals surface area contributed by atoms with Crippen LogP contribution < -0.4 is 4.74 Å². The molecule has 2 aromatic rings. The first kappa shape index (κ1) is 16.5. The summed E-state index contributed by atoms with van der Waals surface area (Å²) in [5, 5.41) is 14.2. The van der Waals surface area contributed by atoms with Crippen molar-refractivity contribution in [3.8, 4) is 5.75 Å². The molecule has 120 valence electrons. The number of hydrogen-bond acceptors (Lipinski definition) is 5. The summed E-state index contributed by atoms with van der Waals surface area (Å²) < 4.78 is 7.46. The molecule has 2 rings (SSSR count). The molecular formula is C16H24N4O2. The van der Waals surface area contributed by atoms with Crippen LogP contribution in [-0.2, 0) is 13.6 Å². The standard InChI is InChI=1S/C16H24N4O2/c1-12-5-6-13(2)15(7-12)22-10-14(21)8-19(3)9-16-17-11-18-20(16)4/h5-7,11,14,21H,8-10H2,1-4H3. The first-order chi connectivity index (χ1) is 10.5. The molecule has 0 aliphatic heterocycles. The van der Waals surface area contributed by atoms with E-state index in [0.717, 1.165) is 22.7 Å². The van der Waals surface area contributed by atoms with Crippen molar-refractivity contribution in [3.63, 3.8) is 0 Å². The van der Waals surface area contributed by atoms with E-state index < -0.39 is 6.10 Å². The number of aromatic nitrogens is 3. The highest BCUT2D eigenvalue weighted by molar-refractivity contribution is 5.35. The zero-order valence-electron chi connectivity index (χ0n) is 13.7. The second-order valence-corrected chi connectivity index (χ2v) is 5.73. The number of ether oxygens (including phenoxy) is 1. The summed E-state index contributed by atoms with van der Waals surface area (Å²) in [6.07, 6.45) is 0.974. The van der Waals surface area contributed by atoms with Crippen LogP contribution in [0.5, 0.6) is 5.75 Å². The quantitative estimate of drug-likeness (QED) is 0.835. The maximum atomic E-state index is 10.1. The Kier molecular flexibility index (Phi) is 5.51. The van der Waals surface area contributed by atoms with Gasteiger partial charge in [-0.3, -0.25) is 9.58 Å². The Morgan fingerprint density at radius 3 is 2.82 bits per heavy atom. The van der Waals surface area contributed by atoms with Crippen LogP contribution in [0.3, 0.4) is 0 Å². The Hall–Kier alpha value is -1.92. The zero-order valence-corrected chi connectivity index (χ0v) is 13.7. The van der Waals surface area contributed by atoms with Gasteiger partial charge in [-0.15, -0.1) is 0 Å². The maximum Gasteiger partial charge on any atom is 0.140 e. The van der Waals surface area contributed by atoms with E-state index >= 15 is 0 Å². The molecule has 0 fully saturated rings. The van der Waals surface area contributed by atoms with E-state index in [9.17, 15) is 5.11 Å². The van der Waals surface area contributed by atoms with E-state index in [1.807, 2.05) is 51.0 Å². The van der Waals surface area contributed by atoms with Crippen molar-refractivity contribution in [2.24, 2.45) is 7.05 Å². The van der Waals surface area contributed by atoms with Crippen LogP contribution in [0.15, 0.2) is 24.5 Å². The first-order valence-electron chi connectivity index (χ1n) is 7.35. The monoisotopic (exact) mass is 304 g/mol. The number of nitrogens with zero attached hydrogens (tertiary/aromatic N) is 4. The van der Waals surface area contributed by atoms with E-state index in [1.165, 1.54) is 6.33 Å². The Morgan fingerprint density at radius 1 is 1.36 bits per heavy atom. The Balaban J connectivity index is 1.81. The van der Waals surface area contributed by atoms with Crippen molar-refractivity contribution >= 4 is 0 Å². The lowest BCUT2D eigenvalue weighted by molar-refractivity contribution is 0.0731. The zero-order chi connectivity index (χ0) is 16.1. The van der Waals surface area contributed by atoms with Gasteiger partial charge >= 0.3 is 0 Å². The normalized spacial score (nSPS) is 12.6.